The Morgan fingerprint density at radius 1 is 0.870 bits per heavy atom. The number of aliphatic carboxylic acids is 1. The van der Waals surface area contributed by atoms with Gasteiger partial charge in [-0.1, -0.05) is 80.9 Å². The lowest BCUT2D eigenvalue weighted by Gasteiger charge is -2.08. The van der Waals surface area contributed by atoms with Gasteiger partial charge in [0, 0.05) is 6.08 Å². The minimum Gasteiger partial charge on any atom is -0.478 e. The molecular weight excluding hydrogens is 288 g/mol. The number of carboxylic acid groups (broad SMARTS) is 1. The van der Waals surface area contributed by atoms with E-state index in [0.717, 1.165) is 38.2 Å². The predicted octanol–water partition coefficient (Wildman–Crippen LogP) is 4.96. The van der Waals surface area contributed by atoms with Crippen LogP contribution in [0.5, 0.6) is 0 Å². The first-order valence-corrected chi connectivity index (χ1v) is 8.41. The van der Waals surface area contributed by atoms with Crippen LogP contribution >= 0.6 is 0 Å². The molecule has 1 atom stereocenters. The molecule has 0 aliphatic heterocycles. The third-order valence-electron chi connectivity index (χ3n) is 3.20. The van der Waals surface area contributed by atoms with Crippen LogP contribution in [0.25, 0.3) is 0 Å². The molecule has 3 nitrogen and oxygen atoms in total. The fraction of sp³-hybridized carbons (Fsp3) is 0.450. The van der Waals surface area contributed by atoms with Crippen molar-refractivity contribution in [3.63, 3.8) is 0 Å². The Balaban J connectivity index is 3.64. The summed E-state index contributed by atoms with van der Waals surface area (Å²) >= 11 is 0. The highest BCUT2D eigenvalue weighted by Gasteiger charge is 2.01. The van der Waals surface area contributed by atoms with Gasteiger partial charge in [0.1, 0.15) is 0 Å². The maximum atomic E-state index is 10.2. The van der Waals surface area contributed by atoms with E-state index in [-0.39, 0.29) is 6.10 Å². The SMILES string of the molecule is CCCCC[C@@H](O)CCC\C=C/C=C\C=C\C=C/C=C/C(=O)O. The lowest BCUT2D eigenvalue weighted by Crippen LogP contribution is -2.05. The molecule has 0 unspecified atom stereocenters. The van der Waals surface area contributed by atoms with Gasteiger partial charge >= 0.3 is 5.97 Å². The molecular formula is C20H30O3. The van der Waals surface area contributed by atoms with Crippen LogP contribution in [0.2, 0.25) is 0 Å². The zero-order valence-electron chi connectivity index (χ0n) is 14.1. The Labute approximate surface area is 140 Å². The van der Waals surface area contributed by atoms with E-state index < -0.39 is 5.97 Å². The van der Waals surface area contributed by atoms with Crippen LogP contribution in [0, 0.1) is 0 Å². The average Bonchev–Trinajstić information content (AvgIpc) is 2.51. The van der Waals surface area contributed by atoms with Crippen LogP contribution in [0.4, 0.5) is 0 Å². The van der Waals surface area contributed by atoms with Gasteiger partial charge in [0.05, 0.1) is 6.10 Å². The van der Waals surface area contributed by atoms with E-state index in [9.17, 15) is 9.90 Å². The number of hydrogen-bond acceptors (Lipinski definition) is 2. The van der Waals surface area contributed by atoms with Gasteiger partial charge in [0.25, 0.3) is 0 Å². The van der Waals surface area contributed by atoms with E-state index in [0.29, 0.717) is 0 Å². The monoisotopic (exact) mass is 318 g/mol. The van der Waals surface area contributed by atoms with Crippen molar-refractivity contribution in [3.8, 4) is 0 Å². The molecule has 0 rings (SSSR count). The van der Waals surface area contributed by atoms with E-state index in [4.69, 9.17) is 5.11 Å². The van der Waals surface area contributed by atoms with E-state index in [1.165, 1.54) is 18.9 Å². The first-order chi connectivity index (χ1) is 11.2. The van der Waals surface area contributed by atoms with Gasteiger partial charge in [0.2, 0.25) is 0 Å². The second kappa shape index (κ2) is 16.5. The molecule has 0 saturated heterocycles. The highest BCUT2D eigenvalue weighted by molar-refractivity contribution is 5.80. The lowest BCUT2D eigenvalue weighted by molar-refractivity contribution is -0.131. The van der Waals surface area contributed by atoms with Crippen molar-refractivity contribution in [3.05, 3.63) is 60.8 Å². The Kier molecular flexibility index (Phi) is 15.2. The summed E-state index contributed by atoms with van der Waals surface area (Å²) in [6.07, 6.45) is 24.9. The average molecular weight is 318 g/mol. The summed E-state index contributed by atoms with van der Waals surface area (Å²) < 4.78 is 0. The minimum atomic E-state index is -0.947. The summed E-state index contributed by atoms with van der Waals surface area (Å²) in [5, 5.41) is 18.2. The molecule has 2 N–H and O–H groups in total. The molecule has 0 radical (unpaired) electrons. The highest BCUT2D eigenvalue weighted by atomic mass is 16.4. The molecule has 0 spiro atoms. The van der Waals surface area contributed by atoms with Crippen LogP contribution in [0.15, 0.2) is 60.8 Å². The summed E-state index contributed by atoms with van der Waals surface area (Å²) in [6.45, 7) is 2.17. The van der Waals surface area contributed by atoms with E-state index in [2.05, 4.69) is 13.0 Å². The number of allylic oxidation sites excluding steroid dienone is 9. The fourth-order valence-corrected chi connectivity index (χ4v) is 1.94. The summed E-state index contributed by atoms with van der Waals surface area (Å²) in [5.74, 6) is -0.947. The molecule has 0 aromatic rings. The summed E-state index contributed by atoms with van der Waals surface area (Å²) in [5.41, 5.74) is 0. The zero-order valence-corrected chi connectivity index (χ0v) is 14.1. The maximum absolute atomic E-state index is 10.2. The molecule has 0 aliphatic carbocycles. The number of aliphatic hydroxyl groups excluding tert-OH is 1. The van der Waals surface area contributed by atoms with Gasteiger partial charge in [-0.2, -0.15) is 0 Å². The number of rotatable bonds is 13. The van der Waals surface area contributed by atoms with E-state index in [1.54, 1.807) is 12.2 Å². The summed E-state index contributed by atoms with van der Waals surface area (Å²) in [7, 11) is 0. The quantitative estimate of drug-likeness (QED) is 0.286. The van der Waals surface area contributed by atoms with Crippen molar-refractivity contribution < 1.29 is 15.0 Å². The summed E-state index contributed by atoms with van der Waals surface area (Å²) in [6, 6.07) is 0. The standard InChI is InChI=1S/C20H30O3/c1-2-3-13-16-19(21)17-14-11-9-7-5-4-6-8-10-12-15-18-20(22)23/h4-10,12,15,18-19,21H,2-3,11,13-14,16-17H2,1H3,(H,22,23)/b5-4-,8-6+,9-7-,12-10-,18-15+/t19-/m1/s1. The third-order valence-corrected chi connectivity index (χ3v) is 3.20. The molecule has 128 valence electrons. The van der Waals surface area contributed by atoms with Gasteiger partial charge in [-0.05, 0) is 25.7 Å². The number of carboxylic acids is 1. The lowest BCUT2D eigenvalue weighted by atomic mass is 10.1. The van der Waals surface area contributed by atoms with Crippen LogP contribution in [0.1, 0.15) is 51.9 Å². The van der Waals surface area contributed by atoms with Gasteiger partial charge in [0.15, 0.2) is 0 Å². The van der Waals surface area contributed by atoms with Crippen molar-refractivity contribution in [2.24, 2.45) is 0 Å². The second-order valence-corrected chi connectivity index (χ2v) is 5.36. The largest absolute Gasteiger partial charge is 0.478 e. The predicted molar refractivity (Wildman–Crippen MR) is 97.3 cm³/mol. The normalized spacial score (nSPS) is 14.2. The van der Waals surface area contributed by atoms with Crippen LogP contribution < -0.4 is 0 Å². The van der Waals surface area contributed by atoms with E-state index >= 15 is 0 Å². The third kappa shape index (κ3) is 18.1. The Hall–Kier alpha value is -1.87. The molecule has 0 heterocycles. The number of aliphatic hydroxyl groups is 1. The topological polar surface area (TPSA) is 57.5 Å². The number of hydrogen-bond donors (Lipinski definition) is 2. The molecule has 3 heteroatoms. The smallest absolute Gasteiger partial charge is 0.328 e. The zero-order chi connectivity index (χ0) is 17.2. The Morgan fingerprint density at radius 3 is 2.04 bits per heavy atom. The Bertz CT molecular complexity index is 428. The Morgan fingerprint density at radius 2 is 1.43 bits per heavy atom. The van der Waals surface area contributed by atoms with Gasteiger partial charge in [-0.3, -0.25) is 0 Å². The molecule has 0 bridgehead atoms. The molecule has 23 heavy (non-hydrogen) atoms. The van der Waals surface area contributed by atoms with Crippen molar-refractivity contribution in [2.75, 3.05) is 0 Å². The number of carbonyl (C=O) groups is 1. The van der Waals surface area contributed by atoms with Crippen molar-refractivity contribution >= 4 is 5.97 Å². The highest BCUT2D eigenvalue weighted by Crippen LogP contribution is 2.09. The maximum Gasteiger partial charge on any atom is 0.328 e. The van der Waals surface area contributed by atoms with Gasteiger partial charge in [-0.15, -0.1) is 0 Å². The molecule has 0 aromatic heterocycles. The number of unbranched alkanes of at least 4 members (excludes halogenated alkanes) is 3. The van der Waals surface area contributed by atoms with E-state index in [1.807, 2.05) is 30.4 Å². The van der Waals surface area contributed by atoms with Crippen molar-refractivity contribution in [1.82, 2.24) is 0 Å². The van der Waals surface area contributed by atoms with Crippen molar-refractivity contribution in [1.29, 1.82) is 0 Å². The van der Waals surface area contributed by atoms with Gasteiger partial charge < -0.3 is 10.2 Å². The minimum absolute atomic E-state index is 0.143. The molecule has 0 amide bonds. The molecule has 0 saturated carbocycles. The van der Waals surface area contributed by atoms with Crippen LogP contribution in [-0.2, 0) is 4.79 Å². The fourth-order valence-electron chi connectivity index (χ4n) is 1.94. The van der Waals surface area contributed by atoms with Crippen molar-refractivity contribution in [2.45, 2.75) is 58.0 Å². The first-order valence-electron chi connectivity index (χ1n) is 8.41. The second-order valence-electron chi connectivity index (χ2n) is 5.36. The molecule has 0 aromatic carbocycles. The molecule has 0 aliphatic rings. The first kappa shape index (κ1) is 21.1. The van der Waals surface area contributed by atoms with Crippen LogP contribution in [-0.4, -0.2) is 22.3 Å². The van der Waals surface area contributed by atoms with Crippen LogP contribution in [0.3, 0.4) is 0 Å². The van der Waals surface area contributed by atoms with Gasteiger partial charge in [-0.25, -0.2) is 4.79 Å². The molecule has 0 fully saturated rings. The summed E-state index contributed by atoms with van der Waals surface area (Å²) in [4.78, 5) is 10.2.